The van der Waals surface area contributed by atoms with Gasteiger partial charge in [0.05, 0.1) is 0 Å². The van der Waals surface area contributed by atoms with E-state index < -0.39 is 12.1 Å². The molecule has 2 aromatic rings. The Morgan fingerprint density at radius 1 is 1.04 bits per heavy atom. The second kappa shape index (κ2) is 9.82. The molecule has 138 valence electrons. The highest BCUT2D eigenvalue weighted by atomic mass is 35.5. The summed E-state index contributed by atoms with van der Waals surface area (Å²) in [6.45, 7) is 4.26. The molecule has 5 nitrogen and oxygen atoms in total. The molecule has 0 aliphatic carbocycles. The summed E-state index contributed by atoms with van der Waals surface area (Å²) in [5.41, 5.74) is 1.72. The molecule has 0 heterocycles. The SMILES string of the molecule is CC(C)C(NC(=O)Nc1ccccc1)C(=O)NCCc1cccc(Cl)c1. The number of urea groups is 1. The molecule has 6 heteroatoms. The van der Waals surface area contributed by atoms with E-state index in [4.69, 9.17) is 11.6 Å². The van der Waals surface area contributed by atoms with Gasteiger partial charge < -0.3 is 16.0 Å². The summed E-state index contributed by atoms with van der Waals surface area (Å²) in [6, 6.07) is 15.6. The molecule has 0 saturated heterocycles. The second-order valence-electron chi connectivity index (χ2n) is 6.36. The predicted molar refractivity (Wildman–Crippen MR) is 105 cm³/mol. The van der Waals surface area contributed by atoms with Crippen molar-refractivity contribution in [1.29, 1.82) is 0 Å². The molecule has 0 bridgehead atoms. The zero-order valence-electron chi connectivity index (χ0n) is 15.0. The van der Waals surface area contributed by atoms with E-state index in [1.54, 1.807) is 12.1 Å². The third-order valence-corrected chi connectivity index (χ3v) is 4.10. The van der Waals surface area contributed by atoms with Gasteiger partial charge in [-0.2, -0.15) is 0 Å². The van der Waals surface area contributed by atoms with Crippen LogP contribution in [0.1, 0.15) is 19.4 Å². The number of amides is 3. The van der Waals surface area contributed by atoms with E-state index in [0.29, 0.717) is 23.7 Å². The molecule has 0 radical (unpaired) electrons. The van der Waals surface area contributed by atoms with Gasteiger partial charge in [0.25, 0.3) is 0 Å². The maximum absolute atomic E-state index is 12.5. The smallest absolute Gasteiger partial charge is 0.319 e. The number of para-hydroxylation sites is 1. The topological polar surface area (TPSA) is 70.2 Å². The van der Waals surface area contributed by atoms with Crippen LogP contribution in [-0.2, 0) is 11.2 Å². The Balaban J connectivity index is 1.85. The van der Waals surface area contributed by atoms with E-state index >= 15 is 0 Å². The van der Waals surface area contributed by atoms with Crippen LogP contribution in [0.2, 0.25) is 5.02 Å². The fourth-order valence-corrected chi connectivity index (χ4v) is 2.71. The quantitative estimate of drug-likeness (QED) is 0.690. The minimum absolute atomic E-state index is 0.0392. The molecule has 0 aliphatic heterocycles. The number of nitrogens with one attached hydrogen (secondary N) is 3. The van der Waals surface area contributed by atoms with Crippen LogP contribution in [0.15, 0.2) is 54.6 Å². The molecule has 26 heavy (non-hydrogen) atoms. The van der Waals surface area contributed by atoms with E-state index in [2.05, 4.69) is 16.0 Å². The average molecular weight is 374 g/mol. The van der Waals surface area contributed by atoms with E-state index in [-0.39, 0.29) is 11.8 Å². The number of carbonyl (C=O) groups is 2. The second-order valence-corrected chi connectivity index (χ2v) is 6.79. The zero-order chi connectivity index (χ0) is 18.9. The Morgan fingerprint density at radius 2 is 1.77 bits per heavy atom. The number of rotatable bonds is 7. The number of hydrogen-bond acceptors (Lipinski definition) is 2. The van der Waals surface area contributed by atoms with Gasteiger partial charge in [-0.05, 0) is 42.2 Å². The lowest BCUT2D eigenvalue weighted by molar-refractivity contribution is -0.123. The summed E-state index contributed by atoms with van der Waals surface area (Å²) in [4.78, 5) is 24.6. The summed E-state index contributed by atoms with van der Waals surface area (Å²) >= 11 is 5.96. The largest absolute Gasteiger partial charge is 0.354 e. The van der Waals surface area contributed by atoms with Crippen LogP contribution in [-0.4, -0.2) is 24.5 Å². The molecule has 0 aromatic heterocycles. The molecule has 0 saturated carbocycles. The molecular weight excluding hydrogens is 350 g/mol. The standard InChI is InChI=1S/C20H24ClN3O2/c1-14(2)18(24-20(26)23-17-9-4-3-5-10-17)19(25)22-12-11-15-7-6-8-16(21)13-15/h3-10,13-14,18H,11-12H2,1-2H3,(H,22,25)(H2,23,24,26). The molecule has 2 rings (SSSR count). The van der Waals surface area contributed by atoms with Crippen molar-refractivity contribution in [3.8, 4) is 0 Å². The fraction of sp³-hybridized carbons (Fsp3) is 0.300. The van der Waals surface area contributed by atoms with Gasteiger partial charge in [-0.1, -0.05) is 55.8 Å². The van der Waals surface area contributed by atoms with Crippen molar-refractivity contribution in [3.05, 3.63) is 65.2 Å². The van der Waals surface area contributed by atoms with Gasteiger partial charge >= 0.3 is 6.03 Å². The van der Waals surface area contributed by atoms with Crippen LogP contribution < -0.4 is 16.0 Å². The Hall–Kier alpha value is -2.53. The molecule has 1 atom stereocenters. The summed E-state index contributed by atoms with van der Waals surface area (Å²) < 4.78 is 0. The normalized spacial score (nSPS) is 11.7. The average Bonchev–Trinajstić information content (AvgIpc) is 2.60. The van der Waals surface area contributed by atoms with Crippen LogP contribution in [0, 0.1) is 5.92 Å². The lowest BCUT2D eigenvalue weighted by Gasteiger charge is -2.22. The minimum Gasteiger partial charge on any atom is -0.354 e. The van der Waals surface area contributed by atoms with Crippen molar-refractivity contribution in [3.63, 3.8) is 0 Å². The Labute approximate surface area is 159 Å². The fourth-order valence-electron chi connectivity index (χ4n) is 2.50. The molecule has 3 N–H and O–H groups in total. The third-order valence-electron chi connectivity index (χ3n) is 3.87. The van der Waals surface area contributed by atoms with Crippen LogP contribution in [0.3, 0.4) is 0 Å². The van der Waals surface area contributed by atoms with Crippen LogP contribution in [0.4, 0.5) is 10.5 Å². The van der Waals surface area contributed by atoms with E-state index in [9.17, 15) is 9.59 Å². The lowest BCUT2D eigenvalue weighted by Crippen LogP contribution is -2.51. The monoisotopic (exact) mass is 373 g/mol. The highest BCUT2D eigenvalue weighted by Gasteiger charge is 2.23. The van der Waals surface area contributed by atoms with Gasteiger partial charge in [0, 0.05) is 17.3 Å². The first-order valence-corrected chi connectivity index (χ1v) is 8.98. The van der Waals surface area contributed by atoms with Crippen molar-refractivity contribution < 1.29 is 9.59 Å². The van der Waals surface area contributed by atoms with Crippen molar-refractivity contribution in [2.75, 3.05) is 11.9 Å². The first-order valence-electron chi connectivity index (χ1n) is 8.60. The third kappa shape index (κ3) is 6.41. The lowest BCUT2D eigenvalue weighted by atomic mass is 10.0. The number of halogens is 1. The van der Waals surface area contributed by atoms with Crippen molar-refractivity contribution in [2.45, 2.75) is 26.3 Å². The highest BCUT2D eigenvalue weighted by molar-refractivity contribution is 6.30. The number of anilines is 1. The van der Waals surface area contributed by atoms with Gasteiger partial charge in [0.2, 0.25) is 5.91 Å². The molecule has 2 aromatic carbocycles. The molecule has 0 aliphatic rings. The first-order chi connectivity index (χ1) is 12.5. The van der Waals surface area contributed by atoms with Gasteiger partial charge in [-0.15, -0.1) is 0 Å². The maximum atomic E-state index is 12.5. The van der Waals surface area contributed by atoms with E-state index in [1.165, 1.54) is 0 Å². The van der Waals surface area contributed by atoms with Gasteiger partial charge in [0.1, 0.15) is 6.04 Å². The molecular formula is C20H24ClN3O2. The molecule has 1 unspecified atom stereocenters. The summed E-state index contributed by atoms with van der Waals surface area (Å²) in [7, 11) is 0. The molecule has 0 fully saturated rings. The molecule has 0 spiro atoms. The van der Waals surface area contributed by atoms with Crippen molar-refractivity contribution in [1.82, 2.24) is 10.6 Å². The number of hydrogen-bond donors (Lipinski definition) is 3. The van der Waals surface area contributed by atoms with Crippen molar-refractivity contribution in [2.24, 2.45) is 5.92 Å². The summed E-state index contributed by atoms with van der Waals surface area (Å²) in [6.07, 6.45) is 0.674. The summed E-state index contributed by atoms with van der Waals surface area (Å²) in [5.74, 6) is -0.243. The predicted octanol–water partition coefficient (Wildman–Crippen LogP) is 3.85. The van der Waals surface area contributed by atoms with Gasteiger partial charge in [-0.25, -0.2) is 4.79 Å². The van der Waals surface area contributed by atoms with E-state index in [1.807, 2.05) is 56.3 Å². The zero-order valence-corrected chi connectivity index (χ0v) is 15.7. The van der Waals surface area contributed by atoms with Crippen LogP contribution in [0.25, 0.3) is 0 Å². The Kier molecular flexibility index (Phi) is 7.48. The maximum Gasteiger partial charge on any atom is 0.319 e. The molecule has 3 amide bonds. The first kappa shape index (κ1) is 19.8. The summed E-state index contributed by atoms with van der Waals surface area (Å²) in [5, 5.41) is 9.02. The van der Waals surface area contributed by atoms with Gasteiger partial charge in [-0.3, -0.25) is 4.79 Å². The van der Waals surface area contributed by atoms with Crippen molar-refractivity contribution >= 4 is 29.2 Å². The Morgan fingerprint density at radius 3 is 2.42 bits per heavy atom. The van der Waals surface area contributed by atoms with Crippen LogP contribution in [0.5, 0.6) is 0 Å². The highest BCUT2D eigenvalue weighted by Crippen LogP contribution is 2.11. The number of carbonyl (C=O) groups excluding carboxylic acids is 2. The van der Waals surface area contributed by atoms with E-state index in [0.717, 1.165) is 5.56 Å². The van der Waals surface area contributed by atoms with Gasteiger partial charge in [0.15, 0.2) is 0 Å². The minimum atomic E-state index is -0.613. The Bertz CT molecular complexity index is 735. The van der Waals surface area contributed by atoms with Crippen LogP contribution >= 0.6 is 11.6 Å². The number of benzene rings is 2.